The highest BCUT2D eigenvalue weighted by molar-refractivity contribution is 6.57. The van der Waals surface area contributed by atoms with Gasteiger partial charge >= 0.3 is 0 Å². The summed E-state index contributed by atoms with van der Waals surface area (Å²) in [7, 11) is -0.573. The number of hydrogen-bond acceptors (Lipinski definition) is 2. The second-order valence-electron chi connectivity index (χ2n) is 6.04. The van der Waals surface area contributed by atoms with Gasteiger partial charge in [-0.1, -0.05) is 33.9 Å². The minimum absolute atomic E-state index is 0.411. The van der Waals surface area contributed by atoms with E-state index >= 15 is 0 Å². The van der Waals surface area contributed by atoms with E-state index < -0.39 is 8.80 Å². The van der Waals surface area contributed by atoms with Gasteiger partial charge in [-0.05, 0) is 17.4 Å². The third kappa shape index (κ3) is 5.14. The molecule has 1 rings (SSSR count). The van der Waals surface area contributed by atoms with Crippen molar-refractivity contribution in [2.75, 3.05) is 19.8 Å². The van der Waals surface area contributed by atoms with Crippen LogP contribution in [0.25, 0.3) is 0 Å². The van der Waals surface area contributed by atoms with Crippen LogP contribution in [-0.4, -0.2) is 34.7 Å². The average Bonchev–Trinajstić information content (AvgIpc) is 2.84. The van der Waals surface area contributed by atoms with Crippen LogP contribution < -0.4 is 0 Å². The summed E-state index contributed by atoms with van der Waals surface area (Å²) in [5.41, 5.74) is 1.32. The van der Waals surface area contributed by atoms with E-state index in [4.69, 9.17) is 9.47 Å². The normalized spacial score (nSPS) is 23.2. The highest BCUT2D eigenvalue weighted by Gasteiger charge is 2.28. The van der Waals surface area contributed by atoms with E-state index in [0.717, 1.165) is 25.4 Å². The second kappa shape index (κ2) is 5.46. The van der Waals surface area contributed by atoms with Crippen LogP contribution in [0.5, 0.6) is 0 Å². The molecule has 0 aliphatic carbocycles. The first-order valence-electron chi connectivity index (χ1n) is 6.10. The van der Waals surface area contributed by atoms with Crippen molar-refractivity contribution < 1.29 is 9.47 Å². The van der Waals surface area contributed by atoms with E-state index in [0.29, 0.717) is 11.5 Å². The Morgan fingerprint density at radius 2 is 2.00 bits per heavy atom. The van der Waals surface area contributed by atoms with Crippen LogP contribution in [0.4, 0.5) is 0 Å². The zero-order valence-electron chi connectivity index (χ0n) is 10.9. The Kier molecular flexibility index (Phi) is 4.81. The minimum Gasteiger partial charge on any atom is -0.379 e. The van der Waals surface area contributed by atoms with Gasteiger partial charge in [-0.3, -0.25) is 0 Å². The molecule has 0 bridgehead atoms. The van der Waals surface area contributed by atoms with Crippen molar-refractivity contribution in [1.29, 1.82) is 0 Å². The van der Waals surface area contributed by atoms with E-state index in [-0.39, 0.29) is 0 Å². The van der Waals surface area contributed by atoms with Crippen LogP contribution >= 0.6 is 0 Å². The molecule has 2 nitrogen and oxygen atoms in total. The first kappa shape index (κ1) is 13.2. The topological polar surface area (TPSA) is 21.8 Å². The van der Waals surface area contributed by atoms with Crippen molar-refractivity contribution in [3.63, 3.8) is 0 Å². The summed E-state index contributed by atoms with van der Waals surface area (Å²) in [6.07, 6.45) is 1.63. The quantitative estimate of drug-likeness (QED) is 0.397. The minimum atomic E-state index is -0.573. The third-order valence-corrected chi connectivity index (χ3v) is 6.14. The fourth-order valence-electron chi connectivity index (χ4n) is 2.36. The molecule has 0 radical (unpaired) electrons. The largest absolute Gasteiger partial charge is 0.379 e. The highest BCUT2D eigenvalue weighted by atomic mass is 28.3. The summed E-state index contributed by atoms with van der Waals surface area (Å²) in [5, 5.41) is 0. The molecule has 3 heteroatoms. The van der Waals surface area contributed by atoms with Gasteiger partial charge in [0.1, 0.15) is 6.10 Å². The number of epoxide rings is 1. The first-order chi connectivity index (χ1) is 6.91. The standard InChI is InChI=1S/C12H26O2Si/c1-12(2,3)11(15(4)5)6-7-13-8-10-9-14-10/h10-11,15H,6-9H2,1-5H3. The fraction of sp³-hybridized carbons (Fsp3) is 1.00. The zero-order valence-corrected chi connectivity index (χ0v) is 12.0. The Balaban J connectivity index is 2.18. The van der Waals surface area contributed by atoms with Gasteiger partial charge in [0.2, 0.25) is 0 Å². The number of hydrogen-bond donors (Lipinski definition) is 0. The van der Waals surface area contributed by atoms with E-state index in [1.807, 2.05) is 0 Å². The summed E-state index contributed by atoms with van der Waals surface area (Å²) >= 11 is 0. The maximum atomic E-state index is 5.63. The van der Waals surface area contributed by atoms with Gasteiger partial charge in [-0.15, -0.1) is 0 Å². The molecule has 1 aliphatic rings. The van der Waals surface area contributed by atoms with Crippen molar-refractivity contribution >= 4 is 8.80 Å². The molecule has 2 unspecified atom stereocenters. The predicted octanol–water partition coefficient (Wildman–Crippen LogP) is 2.69. The molecule has 90 valence electrons. The number of rotatable bonds is 6. The average molecular weight is 230 g/mol. The summed E-state index contributed by atoms with van der Waals surface area (Å²) in [6, 6.07) is 0. The Bertz CT molecular complexity index is 183. The SMILES string of the molecule is C[SiH](C)C(CCOCC1CO1)C(C)(C)C. The van der Waals surface area contributed by atoms with E-state index in [1.54, 1.807) is 0 Å². The van der Waals surface area contributed by atoms with E-state index in [2.05, 4.69) is 33.9 Å². The molecule has 0 aromatic heterocycles. The van der Waals surface area contributed by atoms with Crippen molar-refractivity contribution in [1.82, 2.24) is 0 Å². The van der Waals surface area contributed by atoms with E-state index in [1.165, 1.54) is 6.42 Å². The zero-order chi connectivity index (χ0) is 11.5. The van der Waals surface area contributed by atoms with Gasteiger partial charge in [0.25, 0.3) is 0 Å². The lowest BCUT2D eigenvalue weighted by Crippen LogP contribution is -2.27. The van der Waals surface area contributed by atoms with Crippen LogP contribution in [-0.2, 0) is 9.47 Å². The molecular weight excluding hydrogens is 204 g/mol. The summed E-state index contributed by atoms with van der Waals surface area (Å²) in [6.45, 7) is 14.6. The molecule has 1 aliphatic heterocycles. The first-order valence-corrected chi connectivity index (χ1v) is 9.08. The van der Waals surface area contributed by atoms with Crippen LogP contribution in [0.2, 0.25) is 18.6 Å². The number of ether oxygens (including phenoxy) is 2. The maximum Gasteiger partial charge on any atom is 0.104 e. The van der Waals surface area contributed by atoms with Gasteiger partial charge in [0, 0.05) is 15.4 Å². The van der Waals surface area contributed by atoms with Gasteiger partial charge in [0.05, 0.1) is 13.2 Å². The predicted molar refractivity (Wildman–Crippen MR) is 67.3 cm³/mol. The lowest BCUT2D eigenvalue weighted by atomic mass is 9.90. The molecule has 1 fully saturated rings. The summed E-state index contributed by atoms with van der Waals surface area (Å²) < 4.78 is 10.7. The molecular formula is C12H26O2Si. The Morgan fingerprint density at radius 3 is 2.40 bits per heavy atom. The monoisotopic (exact) mass is 230 g/mol. The lowest BCUT2D eigenvalue weighted by molar-refractivity contribution is 0.106. The second-order valence-corrected chi connectivity index (χ2v) is 9.33. The molecule has 1 saturated heterocycles. The molecule has 0 N–H and O–H groups in total. The fourth-order valence-corrected chi connectivity index (χ4v) is 5.16. The Morgan fingerprint density at radius 1 is 1.40 bits per heavy atom. The lowest BCUT2D eigenvalue weighted by Gasteiger charge is -2.33. The summed E-state index contributed by atoms with van der Waals surface area (Å²) in [5.74, 6) is 0. The van der Waals surface area contributed by atoms with Crippen molar-refractivity contribution in [3.8, 4) is 0 Å². The highest BCUT2D eigenvalue weighted by Crippen LogP contribution is 2.36. The summed E-state index contributed by atoms with van der Waals surface area (Å²) in [4.78, 5) is 0. The van der Waals surface area contributed by atoms with Crippen molar-refractivity contribution in [2.45, 2.75) is 51.9 Å². The van der Waals surface area contributed by atoms with Crippen LogP contribution in [0, 0.1) is 5.41 Å². The molecule has 2 atom stereocenters. The third-order valence-electron chi connectivity index (χ3n) is 3.20. The van der Waals surface area contributed by atoms with Crippen LogP contribution in [0.1, 0.15) is 27.2 Å². The Labute approximate surface area is 96.0 Å². The van der Waals surface area contributed by atoms with E-state index in [9.17, 15) is 0 Å². The molecule has 0 spiro atoms. The van der Waals surface area contributed by atoms with Crippen molar-refractivity contribution in [2.24, 2.45) is 5.41 Å². The smallest absolute Gasteiger partial charge is 0.104 e. The van der Waals surface area contributed by atoms with Gasteiger partial charge in [0.15, 0.2) is 0 Å². The van der Waals surface area contributed by atoms with Crippen molar-refractivity contribution in [3.05, 3.63) is 0 Å². The molecule has 0 aromatic rings. The maximum absolute atomic E-state index is 5.63. The molecule has 0 amide bonds. The molecule has 15 heavy (non-hydrogen) atoms. The van der Waals surface area contributed by atoms with Gasteiger partial charge in [-0.25, -0.2) is 0 Å². The van der Waals surface area contributed by atoms with Crippen LogP contribution in [0.15, 0.2) is 0 Å². The molecule has 1 heterocycles. The van der Waals surface area contributed by atoms with Gasteiger partial charge < -0.3 is 9.47 Å². The molecule has 0 aromatic carbocycles. The van der Waals surface area contributed by atoms with Gasteiger partial charge in [-0.2, -0.15) is 0 Å². The molecule has 0 saturated carbocycles. The Hall–Kier alpha value is 0.137. The van der Waals surface area contributed by atoms with Crippen LogP contribution in [0.3, 0.4) is 0 Å².